The first kappa shape index (κ1) is 14.1. The lowest BCUT2D eigenvalue weighted by molar-refractivity contribution is 0.415. The summed E-state index contributed by atoms with van der Waals surface area (Å²) in [7, 11) is 0. The molecule has 0 bridgehead atoms. The third kappa shape index (κ3) is 3.81. The Hall–Kier alpha value is -1.33. The molecule has 1 aliphatic carbocycles. The van der Waals surface area contributed by atoms with Crippen molar-refractivity contribution < 1.29 is 0 Å². The minimum Gasteiger partial charge on any atom is -0.310 e. The lowest BCUT2D eigenvalue weighted by Gasteiger charge is -2.16. The highest BCUT2D eigenvalue weighted by atomic mass is 14.9. The molecular weight excluding hydrogens is 232 g/mol. The van der Waals surface area contributed by atoms with Crippen LogP contribution in [0.1, 0.15) is 56.7 Å². The number of unbranched alkanes of at least 4 members (excludes halogenated alkanes) is 1. The van der Waals surface area contributed by atoms with Crippen molar-refractivity contribution in [1.29, 1.82) is 5.26 Å². The van der Waals surface area contributed by atoms with Crippen molar-refractivity contribution in [3.05, 3.63) is 35.4 Å². The minimum absolute atomic E-state index is 0.167. The fourth-order valence-electron chi connectivity index (χ4n) is 2.79. The highest BCUT2D eigenvalue weighted by molar-refractivity contribution is 5.34. The maximum absolute atomic E-state index is 8.97. The molecule has 19 heavy (non-hydrogen) atoms. The Balaban J connectivity index is 1.70. The second-order valence-electron chi connectivity index (χ2n) is 6.20. The molecule has 0 heterocycles. The van der Waals surface area contributed by atoms with E-state index in [2.05, 4.69) is 35.7 Å². The molecule has 1 N–H and O–H groups in total. The Morgan fingerprint density at radius 3 is 2.89 bits per heavy atom. The van der Waals surface area contributed by atoms with Crippen molar-refractivity contribution in [2.75, 3.05) is 6.54 Å². The molecule has 0 radical (unpaired) electrons. The minimum atomic E-state index is -0.167. The van der Waals surface area contributed by atoms with Gasteiger partial charge in [0.2, 0.25) is 0 Å². The predicted octanol–water partition coefficient (Wildman–Crippen LogP) is 3.98. The molecule has 0 fully saturated rings. The molecule has 1 unspecified atom stereocenters. The van der Waals surface area contributed by atoms with Gasteiger partial charge in [-0.3, -0.25) is 0 Å². The smallest absolute Gasteiger partial charge is 0.0683 e. The molecule has 2 heteroatoms. The SMILES string of the molecule is CC(C)(C#N)CCCCNC1CCc2ccccc21. The van der Waals surface area contributed by atoms with Crippen molar-refractivity contribution in [2.45, 2.75) is 52.0 Å². The molecule has 0 saturated heterocycles. The number of nitriles is 1. The van der Waals surface area contributed by atoms with Crippen LogP contribution in [0.3, 0.4) is 0 Å². The van der Waals surface area contributed by atoms with Crippen LogP contribution in [0.5, 0.6) is 0 Å². The van der Waals surface area contributed by atoms with Crippen LogP contribution in [0, 0.1) is 16.7 Å². The van der Waals surface area contributed by atoms with Gasteiger partial charge in [0.25, 0.3) is 0 Å². The van der Waals surface area contributed by atoms with Crippen molar-refractivity contribution >= 4 is 0 Å². The van der Waals surface area contributed by atoms with Crippen LogP contribution in [0.2, 0.25) is 0 Å². The zero-order valence-corrected chi connectivity index (χ0v) is 12.1. The summed E-state index contributed by atoms with van der Waals surface area (Å²) < 4.78 is 0. The summed E-state index contributed by atoms with van der Waals surface area (Å²) in [6, 6.07) is 11.7. The fourth-order valence-corrected chi connectivity index (χ4v) is 2.79. The maximum atomic E-state index is 8.97. The first-order valence-electron chi connectivity index (χ1n) is 7.35. The fraction of sp³-hybridized carbons (Fsp3) is 0.588. The zero-order chi connectivity index (χ0) is 13.7. The standard InChI is InChI=1S/C17H24N2/c1-17(2,13-18)11-5-6-12-19-16-10-9-14-7-3-4-8-15(14)16/h3-4,7-8,16,19H,5-6,9-12H2,1-2H3. The van der Waals surface area contributed by atoms with Gasteiger partial charge in [-0.1, -0.05) is 30.7 Å². The van der Waals surface area contributed by atoms with E-state index in [1.807, 2.05) is 13.8 Å². The summed E-state index contributed by atoms with van der Waals surface area (Å²) in [4.78, 5) is 0. The number of aryl methyl sites for hydroxylation is 1. The van der Waals surface area contributed by atoms with Gasteiger partial charge in [-0.2, -0.15) is 5.26 Å². The molecule has 0 saturated carbocycles. The van der Waals surface area contributed by atoms with Crippen molar-refractivity contribution in [2.24, 2.45) is 5.41 Å². The van der Waals surface area contributed by atoms with Crippen LogP contribution in [0.25, 0.3) is 0 Å². The predicted molar refractivity (Wildman–Crippen MR) is 78.8 cm³/mol. The Morgan fingerprint density at radius 1 is 1.32 bits per heavy atom. The Bertz CT molecular complexity index is 457. The van der Waals surface area contributed by atoms with E-state index < -0.39 is 0 Å². The Kier molecular flexibility index (Phi) is 4.61. The monoisotopic (exact) mass is 256 g/mol. The van der Waals surface area contributed by atoms with E-state index in [4.69, 9.17) is 5.26 Å². The molecule has 0 amide bonds. The van der Waals surface area contributed by atoms with Crippen molar-refractivity contribution in [3.8, 4) is 6.07 Å². The molecule has 2 rings (SSSR count). The molecular formula is C17H24N2. The average molecular weight is 256 g/mol. The van der Waals surface area contributed by atoms with Crippen molar-refractivity contribution in [3.63, 3.8) is 0 Å². The van der Waals surface area contributed by atoms with Gasteiger partial charge < -0.3 is 5.32 Å². The zero-order valence-electron chi connectivity index (χ0n) is 12.1. The van der Waals surface area contributed by atoms with E-state index in [1.54, 1.807) is 0 Å². The van der Waals surface area contributed by atoms with E-state index >= 15 is 0 Å². The maximum Gasteiger partial charge on any atom is 0.0683 e. The number of benzene rings is 1. The molecule has 0 aliphatic heterocycles. The molecule has 102 valence electrons. The Morgan fingerprint density at radius 2 is 2.11 bits per heavy atom. The highest BCUT2D eigenvalue weighted by Gasteiger charge is 2.21. The van der Waals surface area contributed by atoms with Crippen molar-refractivity contribution in [1.82, 2.24) is 5.32 Å². The van der Waals surface area contributed by atoms with Gasteiger partial charge in [0.1, 0.15) is 0 Å². The normalized spacial score (nSPS) is 18.1. The molecule has 1 aliphatic rings. The Labute approximate surface area is 116 Å². The van der Waals surface area contributed by atoms with Gasteiger partial charge >= 0.3 is 0 Å². The summed E-state index contributed by atoms with van der Waals surface area (Å²) in [6.45, 7) is 5.10. The van der Waals surface area contributed by atoms with Gasteiger partial charge in [0.05, 0.1) is 11.5 Å². The number of hydrogen-bond donors (Lipinski definition) is 1. The third-order valence-electron chi connectivity index (χ3n) is 4.05. The van der Waals surface area contributed by atoms with E-state index in [1.165, 1.54) is 24.0 Å². The molecule has 1 atom stereocenters. The summed E-state index contributed by atoms with van der Waals surface area (Å²) in [6.07, 6.45) is 5.70. The topological polar surface area (TPSA) is 35.8 Å². The van der Waals surface area contributed by atoms with E-state index in [0.29, 0.717) is 6.04 Å². The number of nitrogens with zero attached hydrogens (tertiary/aromatic N) is 1. The summed E-state index contributed by atoms with van der Waals surface area (Å²) in [5, 5.41) is 12.6. The lowest BCUT2D eigenvalue weighted by atomic mass is 9.89. The van der Waals surface area contributed by atoms with Crippen LogP contribution in [-0.4, -0.2) is 6.54 Å². The molecule has 0 spiro atoms. The molecule has 1 aromatic carbocycles. The van der Waals surface area contributed by atoms with Gasteiger partial charge in [-0.25, -0.2) is 0 Å². The second-order valence-corrected chi connectivity index (χ2v) is 6.20. The van der Waals surface area contributed by atoms with Crippen LogP contribution in [0.15, 0.2) is 24.3 Å². The summed E-state index contributed by atoms with van der Waals surface area (Å²) in [5.74, 6) is 0. The molecule has 0 aromatic heterocycles. The first-order valence-corrected chi connectivity index (χ1v) is 7.35. The van der Waals surface area contributed by atoms with Crippen LogP contribution < -0.4 is 5.32 Å². The van der Waals surface area contributed by atoms with E-state index in [9.17, 15) is 0 Å². The van der Waals surface area contributed by atoms with E-state index in [0.717, 1.165) is 25.8 Å². The second kappa shape index (κ2) is 6.21. The molecule has 1 aromatic rings. The lowest BCUT2D eigenvalue weighted by Crippen LogP contribution is -2.20. The number of nitrogens with one attached hydrogen (secondary N) is 1. The van der Waals surface area contributed by atoms with Gasteiger partial charge in [-0.05, 0) is 57.2 Å². The number of rotatable bonds is 6. The highest BCUT2D eigenvalue weighted by Crippen LogP contribution is 2.30. The largest absolute Gasteiger partial charge is 0.310 e. The summed E-state index contributed by atoms with van der Waals surface area (Å²) in [5.41, 5.74) is 2.82. The summed E-state index contributed by atoms with van der Waals surface area (Å²) >= 11 is 0. The van der Waals surface area contributed by atoms with Crippen LogP contribution in [-0.2, 0) is 6.42 Å². The van der Waals surface area contributed by atoms with Gasteiger partial charge in [-0.15, -0.1) is 0 Å². The number of fused-ring (bicyclic) bond motifs is 1. The van der Waals surface area contributed by atoms with Gasteiger partial charge in [0.15, 0.2) is 0 Å². The first-order chi connectivity index (χ1) is 9.12. The van der Waals surface area contributed by atoms with E-state index in [-0.39, 0.29) is 5.41 Å². The van der Waals surface area contributed by atoms with Gasteiger partial charge in [0, 0.05) is 6.04 Å². The van der Waals surface area contributed by atoms with Crippen LogP contribution >= 0.6 is 0 Å². The molecule has 2 nitrogen and oxygen atoms in total. The van der Waals surface area contributed by atoms with Crippen LogP contribution in [0.4, 0.5) is 0 Å². The third-order valence-corrected chi connectivity index (χ3v) is 4.05. The average Bonchev–Trinajstić information content (AvgIpc) is 2.82. The quantitative estimate of drug-likeness (QED) is 0.781. The number of hydrogen-bond acceptors (Lipinski definition) is 2.